The van der Waals surface area contributed by atoms with Gasteiger partial charge in [-0.1, -0.05) is 0 Å². The molecule has 0 aromatic heterocycles. The number of hydrogen-bond donors (Lipinski definition) is 0. The van der Waals surface area contributed by atoms with Crippen LogP contribution in [0, 0.1) is 0 Å². The molecule has 0 N–H and O–H groups in total. The van der Waals surface area contributed by atoms with E-state index in [1.165, 1.54) is 0 Å². The van der Waals surface area contributed by atoms with Gasteiger partial charge in [0.15, 0.2) is 5.78 Å². The van der Waals surface area contributed by atoms with Crippen LogP contribution >= 0.6 is 0 Å². The van der Waals surface area contributed by atoms with Gasteiger partial charge in [-0.3, -0.25) is 9.59 Å². The fourth-order valence-corrected chi connectivity index (χ4v) is 0.102. The first-order chi connectivity index (χ1) is 3.18. The Hall–Kier alpha value is -0.700. The molecule has 0 rings (SSSR count). The molecule has 0 atom stereocenters. The Morgan fingerprint density at radius 2 is 1.86 bits per heavy atom. The summed E-state index contributed by atoms with van der Waals surface area (Å²) in [6.45, 7) is 0.162. The maximum Gasteiger partial charge on any atom is 0.226 e. The largest absolute Gasteiger partial charge is 0.291 e. The lowest BCUT2D eigenvalue weighted by Gasteiger charge is -1.79. The minimum Gasteiger partial charge on any atom is -0.291 e. The summed E-state index contributed by atoms with van der Waals surface area (Å²) in [5.41, 5.74) is 0. The molecule has 0 heterocycles. The van der Waals surface area contributed by atoms with Gasteiger partial charge in [-0.2, -0.15) is 0 Å². The lowest BCUT2D eigenvalue weighted by molar-refractivity contribution is -0.138. The molecule has 0 saturated carbocycles. The SMILES string of the molecule is CC(=O)C(=O)C[O]. The summed E-state index contributed by atoms with van der Waals surface area (Å²) in [5.74, 6) is -1.50. The maximum absolute atomic E-state index is 9.85. The first-order valence-corrected chi connectivity index (χ1v) is 1.80. The molecule has 0 spiro atoms. The number of Topliss-reactive ketones (excluding diaryl/α,β-unsaturated/α-hetero) is 2. The van der Waals surface area contributed by atoms with Gasteiger partial charge in [0, 0.05) is 6.92 Å². The summed E-state index contributed by atoms with van der Waals surface area (Å²) in [6, 6.07) is 0. The van der Waals surface area contributed by atoms with Gasteiger partial charge in [0.05, 0.1) is 0 Å². The zero-order chi connectivity index (χ0) is 5.86. The maximum atomic E-state index is 9.85. The van der Waals surface area contributed by atoms with Crippen molar-refractivity contribution in [1.29, 1.82) is 0 Å². The number of carbonyl (C=O) groups excluding carboxylic acids is 2. The molecule has 0 fully saturated rings. The molecular formula is C4H5O3. The van der Waals surface area contributed by atoms with Crippen molar-refractivity contribution in [2.24, 2.45) is 0 Å². The van der Waals surface area contributed by atoms with Crippen molar-refractivity contribution in [3.05, 3.63) is 0 Å². The van der Waals surface area contributed by atoms with Crippen molar-refractivity contribution < 1.29 is 14.7 Å². The van der Waals surface area contributed by atoms with E-state index in [0.717, 1.165) is 6.92 Å². The molecule has 0 bridgehead atoms. The quantitative estimate of drug-likeness (QED) is 0.443. The van der Waals surface area contributed by atoms with E-state index in [4.69, 9.17) is 0 Å². The lowest BCUT2D eigenvalue weighted by Crippen LogP contribution is -2.12. The summed E-state index contributed by atoms with van der Waals surface area (Å²) in [4.78, 5) is 19.7. The highest BCUT2D eigenvalue weighted by Crippen LogP contribution is 1.69. The molecule has 1 radical (unpaired) electrons. The van der Waals surface area contributed by atoms with Crippen LogP contribution in [0.5, 0.6) is 0 Å². The van der Waals surface area contributed by atoms with Gasteiger partial charge in [0.1, 0.15) is 6.61 Å². The van der Waals surface area contributed by atoms with E-state index in [2.05, 4.69) is 0 Å². The van der Waals surface area contributed by atoms with Crippen LogP contribution in [0.2, 0.25) is 0 Å². The van der Waals surface area contributed by atoms with Crippen molar-refractivity contribution in [2.75, 3.05) is 6.61 Å². The van der Waals surface area contributed by atoms with Gasteiger partial charge in [-0.25, -0.2) is 5.11 Å². The average molecular weight is 101 g/mol. The fraction of sp³-hybridized carbons (Fsp3) is 0.500. The molecule has 0 aromatic rings. The van der Waals surface area contributed by atoms with Gasteiger partial charge in [0.25, 0.3) is 0 Å². The number of hydrogen-bond acceptors (Lipinski definition) is 2. The van der Waals surface area contributed by atoms with E-state index in [0.29, 0.717) is 0 Å². The minimum absolute atomic E-state index is 0.657. The Morgan fingerprint density at radius 3 is 1.86 bits per heavy atom. The van der Waals surface area contributed by atoms with Crippen molar-refractivity contribution in [1.82, 2.24) is 0 Å². The predicted molar refractivity (Wildman–Crippen MR) is 21.2 cm³/mol. The van der Waals surface area contributed by atoms with Crippen molar-refractivity contribution in [3.8, 4) is 0 Å². The van der Waals surface area contributed by atoms with E-state index in [1.54, 1.807) is 0 Å². The predicted octanol–water partition coefficient (Wildman–Crippen LogP) is -0.425. The number of carbonyl (C=O) groups is 2. The van der Waals surface area contributed by atoms with E-state index < -0.39 is 18.2 Å². The summed E-state index contributed by atoms with van der Waals surface area (Å²) in [5, 5.41) is 9.50. The highest BCUT2D eigenvalue weighted by molar-refractivity contribution is 6.36. The second-order valence-electron chi connectivity index (χ2n) is 1.12. The van der Waals surface area contributed by atoms with Gasteiger partial charge >= 0.3 is 0 Å². The first-order valence-electron chi connectivity index (χ1n) is 1.80. The van der Waals surface area contributed by atoms with Crippen LogP contribution in [0.1, 0.15) is 6.92 Å². The zero-order valence-electron chi connectivity index (χ0n) is 3.93. The van der Waals surface area contributed by atoms with Gasteiger partial charge in [0.2, 0.25) is 5.78 Å². The molecule has 3 nitrogen and oxygen atoms in total. The Bertz CT molecular complexity index is 95.1. The fourth-order valence-electron chi connectivity index (χ4n) is 0.102. The summed E-state index contributed by atoms with van der Waals surface area (Å²) in [6.07, 6.45) is 0. The molecule has 0 unspecified atom stereocenters. The van der Waals surface area contributed by atoms with Crippen LogP contribution < -0.4 is 0 Å². The number of ketones is 2. The normalized spacial score (nSPS) is 8.29. The van der Waals surface area contributed by atoms with Gasteiger partial charge in [-0.05, 0) is 0 Å². The molecule has 0 aliphatic heterocycles. The Kier molecular flexibility index (Phi) is 2.22. The van der Waals surface area contributed by atoms with Crippen molar-refractivity contribution in [2.45, 2.75) is 6.92 Å². The van der Waals surface area contributed by atoms with Gasteiger partial charge < -0.3 is 0 Å². The molecule has 3 heteroatoms. The van der Waals surface area contributed by atoms with Crippen LogP contribution in [0.3, 0.4) is 0 Å². The second-order valence-corrected chi connectivity index (χ2v) is 1.12. The van der Waals surface area contributed by atoms with E-state index >= 15 is 0 Å². The topological polar surface area (TPSA) is 54.0 Å². The van der Waals surface area contributed by atoms with E-state index in [1.807, 2.05) is 0 Å². The summed E-state index contributed by atoms with van der Waals surface area (Å²) >= 11 is 0. The summed E-state index contributed by atoms with van der Waals surface area (Å²) < 4.78 is 0. The van der Waals surface area contributed by atoms with Crippen molar-refractivity contribution in [3.63, 3.8) is 0 Å². The molecule has 0 amide bonds. The minimum atomic E-state index is -0.921. The van der Waals surface area contributed by atoms with Gasteiger partial charge in [-0.15, -0.1) is 0 Å². The molecule has 39 valence electrons. The van der Waals surface area contributed by atoms with E-state index in [9.17, 15) is 14.7 Å². The monoisotopic (exact) mass is 101 g/mol. The third-order valence-electron chi connectivity index (χ3n) is 0.524. The molecule has 7 heavy (non-hydrogen) atoms. The lowest BCUT2D eigenvalue weighted by atomic mass is 10.3. The molecule has 0 aliphatic rings. The Morgan fingerprint density at radius 1 is 1.43 bits per heavy atom. The van der Waals surface area contributed by atoms with Crippen LogP contribution in [0.15, 0.2) is 0 Å². The Labute approximate surface area is 41.0 Å². The van der Waals surface area contributed by atoms with Crippen LogP contribution in [0.25, 0.3) is 0 Å². The van der Waals surface area contributed by atoms with Crippen LogP contribution in [-0.4, -0.2) is 18.2 Å². The highest BCUT2D eigenvalue weighted by Gasteiger charge is 2.03. The third-order valence-corrected chi connectivity index (χ3v) is 0.524. The van der Waals surface area contributed by atoms with E-state index in [-0.39, 0.29) is 0 Å². The highest BCUT2D eigenvalue weighted by atomic mass is 16.3. The number of rotatable bonds is 2. The van der Waals surface area contributed by atoms with Crippen molar-refractivity contribution >= 4 is 11.6 Å². The smallest absolute Gasteiger partial charge is 0.226 e. The van der Waals surface area contributed by atoms with Crippen LogP contribution in [0.4, 0.5) is 0 Å². The molecule has 0 saturated heterocycles. The molecule has 0 aromatic carbocycles. The first kappa shape index (κ1) is 6.30. The second kappa shape index (κ2) is 2.47. The molecule has 0 aliphatic carbocycles. The third kappa shape index (κ3) is 2.05. The average Bonchev–Trinajstić information content (AvgIpc) is 1.65. The zero-order valence-corrected chi connectivity index (χ0v) is 3.93. The standard InChI is InChI=1S/C4H5O3/c1-3(6)4(7)2-5/h2H2,1H3. The molecular weight excluding hydrogens is 96.0 g/mol. The van der Waals surface area contributed by atoms with Crippen LogP contribution in [-0.2, 0) is 14.7 Å². The summed E-state index contributed by atoms with van der Waals surface area (Å²) in [7, 11) is 0. The Balaban J connectivity index is 3.58.